The molecule has 0 bridgehead atoms. The Morgan fingerprint density at radius 1 is 1.32 bits per heavy atom. The minimum Gasteiger partial charge on any atom is -0.325 e. The van der Waals surface area contributed by atoms with Crippen molar-refractivity contribution in [2.24, 2.45) is 0 Å². The monoisotopic (exact) mass is 373 g/mol. The van der Waals surface area contributed by atoms with Crippen molar-refractivity contribution in [1.29, 1.82) is 0 Å². The van der Waals surface area contributed by atoms with Crippen molar-refractivity contribution in [3.63, 3.8) is 0 Å². The number of nitrogens with zero attached hydrogens (tertiary/aromatic N) is 2. The first kappa shape index (κ1) is 17.6. The van der Waals surface area contributed by atoms with Gasteiger partial charge in [-0.15, -0.1) is 10.2 Å². The fourth-order valence-electron chi connectivity index (χ4n) is 1.56. The molecule has 22 heavy (non-hydrogen) atoms. The minimum absolute atomic E-state index is 0.0756. The van der Waals surface area contributed by atoms with Crippen LogP contribution >= 0.6 is 46.5 Å². The summed E-state index contributed by atoms with van der Waals surface area (Å²) >= 11 is 10.7. The van der Waals surface area contributed by atoms with Gasteiger partial charge in [-0.25, -0.2) is 0 Å². The number of hydrogen-bond acceptors (Lipinski definition) is 6. The van der Waals surface area contributed by atoms with E-state index in [-0.39, 0.29) is 5.91 Å². The van der Waals surface area contributed by atoms with Crippen LogP contribution in [0.5, 0.6) is 0 Å². The van der Waals surface area contributed by atoms with Gasteiger partial charge in [0.1, 0.15) is 0 Å². The molecular weight excluding hydrogens is 358 g/mol. The number of benzene rings is 1. The van der Waals surface area contributed by atoms with E-state index < -0.39 is 0 Å². The molecule has 0 saturated heterocycles. The van der Waals surface area contributed by atoms with E-state index >= 15 is 0 Å². The summed E-state index contributed by atoms with van der Waals surface area (Å²) in [4.78, 5) is 12.0. The fraction of sp³-hybridized carbons (Fsp3) is 0.357. The van der Waals surface area contributed by atoms with Gasteiger partial charge in [0.2, 0.25) is 5.91 Å². The number of nitrogens with one attached hydrogen (secondary N) is 1. The van der Waals surface area contributed by atoms with Gasteiger partial charge in [-0.05, 0) is 31.0 Å². The molecule has 2 rings (SSSR count). The van der Waals surface area contributed by atoms with Gasteiger partial charge < -0.3 is 5.32 Å². The molecule has 1 aromatic heterocycles. The van der Waals surface area contributed by atoms with Gasteiger partial charge in [0.25, 0.3) is 0 Å². The van der Waals surface area contributed by atoms with Crippen molar-refractivity contribution in [3.05, 3.63) is 28.8 Å². The van der Waals surface area contributed by atoms with E-state index in [0.717, 1.165) is 32.1 Å². The molecule has 0 saturated carbocycles. The van der Waals surface area contributed by atoms with E-state index in [1.165, 1.54) is 23.1 Å². The quantitative estimate of drug-likeness (QED) is 0.711. The number of anilines is 1. The second-order valence-corrected chi connectivity index (χ2v) is 8.38. The molecule has 1 N–H and O–H groups in total. The topological polar surface area (TPSA) is 54.9 Å². The molecule has 0 spiro atoms. The van der Waals surface area contributed by atoms with E-state index in [2.05, 4.69) is 22.4 Å². The summed E-state index contributed by atoms with van der Waals surface area (Å²) < 4.78 is 1.77. The second-order valence-electron chi connectivity index (χ2n) is 4.43. The number of carbonyl (C=O) groups is 1. The number of hydrogen-bond donors (Lipinski definition) is 1. The van der Waals surface area contributed by atoms with Crippen molar-refractivity contribution in [2.45, 2.75) is 28.9 Å². The van der Waals surface area contributed by atoms with E-state index in [1.807, 2.05) is 19.1 Å². The first-order valence-corrected chi connectivity index (χ1v) is 9.90. The molecular formula is C14H16ClN3OS3. The van der Waals surface area contributed by atoms with Crippen LogP contribution in [0.15, 0.2) is 26.9 Å². The standard InChI is InChI=1S/C14H16ClN3OS3/c1-3-7-20-13-17-18-14(22-13)21-8-12(19)16-11-6-4-5-10(15)9(11)2/h4-6H,3,7-8H2,1-2H3,(H,16,19). The van der Waals surface area contributed by atoms with Crippen LogP contribution in [-0.2, 0) is 4.79 Å². The van der Waals surface area contributed by atoms with E-state index in [0.29, 0.717) is 10.8 Å². The molecule has 1 aromatic carbocycles. The van der Waals surface area contributed by atoms with Crippen molar-refractivity contribution in [2.75, 3.05) is 16.8 Å². The Morgan fingerprint density at radius 2 is 2.05 bits per heavy atom. The Labute approximate surface area is 147 Å². The lowest BCUT2D eigenvalue weighted by Crippen LogP contribution is -2.14. The number of amides is 1. The first-order chi connectivity index (χ1) is 10.6. The summed E-state index contributed by atoms with van der Waals surface area (Å²) in [6, 6.07) is 5.46. The molecule has 0 fully saturated rings. The van der Waals surface area contributed by atoms with Gasteiger partial charge in [0.15, 0.2) is 8.68 Å². The van der Waals surface area contributed by atoms with Gasteiger partial charge in [-0.2, -0.15) is 0 Å². The molecule has 1 amide bonds. The number of thioether (sulfide) groups is 2. The maximum atomic E-state index is 12.0. The zero-order valence-electron chi connectivity index (χ0n) is 12.3. The lowest BCUT2D eigenvalue weighted by molar-refractivity contribution is -0.113. The van der Waals surface area contributed by atoms with Gasteiger partial charge in [0, 0.05) is 16.5 Å². The highest BCUT2D eigenvalue weighted by molar-refractivity contribution is 8.03. The predicted molar refractivity (Wildman–Crippen MR) is 96.5 cm³/mol. The van der Waals surface area contributed by atoms with Crippen LogP contribution in [0.3, 0.4) is 0 Å². The number of rotatable bonds is 7. The highest BCUT2D eigenvalue weighted by Crippen LogP contribution is 2.29. The second kappa shape index (κ2) is 8.76. The van der Waals surface area contributed by atoms with Crippen LogP contribution in [0.2, 0.25) is 5.02 Å². The minimum atomic E-state index is -0.0756. The van der Waals surface area contributed by atoms with E-state index in [9.17, 15) is 4.79 Å². The zero-order chi connectivity index (χ0) is 15.9. The van der Waals surface area contributed by atoms with Crippen molar-refractivity contribution in [3.8, 4) is 0 Å². The molecule has 118 valence electrons. The fourth-order valence-corrected chi connectivity index (χ4v) is 4.48. The van der Waals surface area contributed by atoms with Crippen LogP contribution in [0.25, 0.3) is 0 Å². The highest BCUT2D eigenvalue weighted by Gasteiger charge is 2.10. The average molecular weight is 374 g/mol. The number of carbonyl (C=O) groups excluding carboxylic acids is 1. The maximum Gasteiger partial charge on any atom is 0.234 e. The molecule has 1 heterocycles. The van der Waals surface area contributed by atoms with Crippen molar-refractivity contribution in [1.82, 2.24) is 10.2 Å². The Bertz CT molecular complexity index is 648. The first-order valence-electron chi connectivity index (χ1n) is 6.74. The SMILES string of the molecule is CCCSc1nnc(SCC(=O)Nc2cccc(Cl)c2C)s1. The third-order valence-corrected chi connectivity index (χ3v) is 6.49. The summed E-state index contributed by atoms with van der Waals surface area (Å²) in [7, 11) is 0. The van der Waals surface area contributed by atoms with Crippen LogP contribution in [0.4, 0.5) is 5.69 Å². The summed E-state index contributed by atoms with van der Waals surface area (Å²) in [5.74, 6) is 1.26. The molecule has 4 nitrogen and oxygen atoms in total. The third kappa shape index (κ3) is 5.15. The van der Waals surface area contributed by atoms with Gasteiger partial charge in [0.05, 0.1) is 5.75 Å². The van der Waals surface area contributed by atoms with E-state index in [4.69, 9.17) is 11.6 Å². The average Bonchev–Trinajstić information content (AvgIpc) is 2.96. The molecule has 0 aliphatic heterocycles. The summed E-state index contributed by atoms with van der Waals surface area (Å²) in [5, 5.41) is 11.7. The van der Waals surface area contributed by atoms with E-state index in [1.54, 1.807) is 17.8 Å². The van der Waals surface area contributed by atoms with Crippen molar-refractivity contribution >= 4 is 58.1 Å². The van der Waals surface area contributed by atoms with Gasteiger partial charge in [-0.3, -0.25) is 4.79 Å². The third-order valence-electron chi connectivity index (χ3n) is 2.69. The summed E-state index contributed by atoms with van der Waals surface area (Å²) in [6.45, 7) is 4.01. The number of halogens is 1. The molecule has 8 heteroatoms. The molecule has 0 aliphatic rings. The smallest absolute Gasteiger partial charge is 0.234 e. The van der Waals surface area contributed by atoms with Gasteiger partial charge >= 0.3 is 0 Å². The largest absolute Gasteiger partial charge is 0.325 e. The molecule has 0 radical (unpaired) electrons. The maximum absolute atomic E-state index is 12.0. The zero-order valence-corrected chi connectivity index (χ0v) is 15.5. The molecule has 0 unspecified atom stereocenters. The molecule has 2 aromatic rings. The normalized spacial score (nSPS) is 10.7. The Morgan fingerprint density at radius 3 is 2.77 bits per heavy atom. The molecule has 0 atom stereocenters. The van der Waals surface area contributed by atoms with Gasteiger partial charge in [-0.1, -0.05) is 59.5 Å². The Kier molecular flexibility index (Phi) is 7.01. The predicted octanol–water partition coefficient (Wildman–Crippen LogP) is 4.73. The van der Waals surface area contributed by atoms with Crippen LogP contribution in [-0.4, -0.2) is 27.6 Å². The van der Waals surface area contributed by atoms with Crippen LogP contribution in [0.1, 0.15) is 18.9 Å². The Balaban J connectivity index is 1.85. The highest BCUT2D eigenvalue weighted by atomic mass is 35.5. The summed E-state index contributed by atoms with van der Waals surface area (Å²) in [5.41, 5.74) is 1.62. The number of aromatic nitrogens is 2. The Hall–Kier alpha value is -0.760. The van der Waals surface area contributed by atoms with Crippen LogP contribution in [0, 0.1) is 6.92 Å². The van der Waals surface area contributed by atoms with Crippen molar-refractivity contribution < 1.29 is 4.79 Å². The van der Waals surface area contributed by atoms with Crippen LogP contribution < -0.4 is 5.32 Å². The molecule has 0 aliphatic carbocycles. The lowest BCUT2D eigenvalue weighted by Gasteiger charge is -2.08. The lowest BCUT2D eigenvalue weighted by atomic mass is 10.2. The summed E-state index contributed by atoms with van der Waals surface area (Å²) in [6.07, 6.45) is 1.11.